The summed E-state index contributed by atoms with van der Waals surface area (Å²) in [5, 5.41) is 3.15. The number of piperazine rings is 1. The molecule has 0 saturated carbocycles. The third-order valence-electron chi connectivity index (χ3n) is 6.48. The molecule has 2 aromatic rings. The fourth-order valence-corrected chi connectivity index (χ4v) is 4.84. The highest BCUT2D eigenvalue weighted by Gasteiger charge is 2.44. The second-order valence-electron chi connectivity index (χ2n) is 9.00. The van der Waals surface area contributed by atoms with E-state index in [9.17, 15) is 14.0 Å². The molecule has 0 unspecified atom stereocenters. The van der Waals surface area contributed by atoms with Crippen molar-refractivity contribution in [2.75, 3.05) is 63.1 Å². The fraction of sp³-hybridized carbons (Fsp3) is 0.423. The maximum absolute atomic E-state index is 13.6. The van der Waals surface area contributed by atoms with Crippen molar-refractivity contribution in [2.45, 2.75) is 19.4 Å². The zero-order valence-corrected chi connectivity index (χ0v) is 21.5. The molecule has 8 nitrogen and oxygen atoms in total. The molecule has 192 valence electrons. The van der Waals surface area contributed by atoms with Gasteiger partial charge in [0.1, 0.15) is 17.6 Å². The number of halogens is 1. The SMILES string of the molecule is CCOc1ccc(N2C(=O)[C@H](CC(=O)Nc3ccc(F)cc3)N(CCN3CCN(C)CC3)C2=S)cc1. The molecular formula is C26H32FN5O3S. The number of likely N-dealkylation sites (N-methyl/N-ethyl adjacent to an activating group) is 1. The molecule has 10 heteroatoms. The highest BCUT2D eigenvalue weighted by Crippen LogP contribution is 2.29. The Kier molecular flexibility index (Phi) is 8.50. The van der Waals surface area contributed by atoms with E-state index >= 15 is 0 Å². The van der Waals surface area contributed by atoms with Gasteiger partial charge >= 0.3 is 0 Å². The van der Waals surface area contributed by atoms with Crippen LogP contribution < -0.4 is 15.0 Å². The van der Waals surface area contributed by atoms with Crippen molar-refractivity contribution in [1.82, 2.24) is 14.7 Å². The molecule has 2 amide bonds. The van der Waals surface area contributed by atoms with Gasteiger partial charge in [0.25, 0.3) is 5.91 Å². The van der Waals surface area contributed by atoms with Crippen LogP contribution in [0.15, 0.2) is 48.5 Å². The lowest BCUT2D eigenvalue weighted by Gasteiger charge is -2.34. The van der Waals surface area contributed by atoms with Gasteiger partial charge in [-0.15, -0.1) is 0 Å². The highest BCUT2D eigenvalue weighted by molar-refractivity contribution is 7.80. The van der Waals surface area contributed by atoms with Crippen LogP contribution in [-0.2, 0) is 9.59 Å². The minimum Gasteiger partial charge on any atom is -0.494 e. The Morgan fingerprint density at radius 3 is 2.36 bits per heavy atom. The first-order valence-corrected chi connectivity index (χ1v) is 12.6. The molecule has 2 saturated heterocycles. The summed E-state index contributed by atoms with van der Waals surface area (Å²) in [6.07, 6.45) is -0.0629. The van der Waals surface area contributed by atoms with Gasteiger partial charge < -0.3 is 19.9 Å². The summed E-state index contributed by atoms with van der Waals surface area (Å²) in [5.41, 5.74) is 1.11. The van der Waals surface area contributed by atoms with Crippen LogP contribution in [0.25, 0.3) is 0 Å². The Morgan fingerprint density at radius 2 is 1.72 bits per heavy atom. The quantitative estimate of drug-likeness (QED) is 0.517. The highest BCUT2D eigenvalue weighted by atomic mass is 32.1. The third kappa shape index (κ3) is 6.18. The Balaban J connectivity index is 1.50. The van der Waals surface area contributed by atoms with Crippen molar-refractivity contribution < 1.29 is 18.7 Å². The van der Waals surface area contributed by atoms with Gasteiger partial charge in [0.2, 0.25) is 5.91 Å². The number of thiocarbonyl (C=S) groups is 1. The van der Waals surface area contributed by atoms with Gasteiger partial charge in [-0.25, -0.2) is 4.39 Å². The minimum absolute atomic E-state index is 0.0629. The molecule has 1 N–H and O–H groups in total. The number of ether oxygens (including phenoxy) is 1. The number of hydrogen-bond donors (Lipinski definition) is 1. The maximum Gasteiger partial charge on any atom is 0.256 e. The number of amides is 2. The largest absolute Gasteiger partial charge is 0.494 e. The zero-order valence-electron chi connectivity index (χ0n) is 20.7. The molecule has 4 rings (SSSR count). The van der Waals surface area contributed by atoms with Crippen LogP contribution in [0.4, 0.5) is 15.8 Å². The molecule has 0 aromatic heterocycles. The maximum atomic E-state index is 13.6. The van der Waals surface area contributed by atoms with E-state index in [4.69, 9.17) is 17.0 Å². The standard InChI is InChI=1S/C26H32FN5O3S/c1-3-35-22-10-8-21(9-11-22)32-25(34)23(18-24(33)28-20-6-4-19(27)5-7-20)31(26(32)36)17-16-30-14-12-29(2)13-15-30/h4-11,23H,3,12-18H2,1-2H3,(H,28,33)/t23-/m0/s1. The lowest BCUT2D eigenvalue weighted by atomic mass is 10.1. The van der Waals surface area contributed by atoms with Crippen LogP contribution in [0.2, 0.25) is 0 Å². The number of anilines is 2. The summed E-state index contributed by atoms with van der Waals surface area (Å²) >= 11 is 5.76. The molecule has 0 radical (unpaired) electrons. The van der Waals surface area contributed by atoms with Crippen molar-refractivity contribution in [2.24, 2.45) is 0 Å². The van der Waals surface area contributed by atoms with Crippen LogP contribution in [-0.4, -0.2) is 90.6 Å². The van der Waals surface area contributed by atoms with Crippen molar-refractivity contribution in [3.63, 3.8) is 0 Å². The van der Waals surface area contributed by atoms with Gasteiger partial charge in [-0.3, -0.25) is 19.4 Å². The van der Waals surface area contributed by atoms with E-state index < -0.39 is 6.04 Å². The summed E-state index contributed by atoms with van der Waals surface area (Å²) in [6.45, 7) is 7.62. The molecule has 2 heterocycles. The van der Waals surface area contributed by atoms with E-state index in [1.54, 1.807) is 24.3 Å². The van der Waals surface area contributed by atoms with Gasteiger partial charge in [-0.2, -0.15) is 0 Å². The lowest BCUT2D eigenvalue weighted by Crippen LogP contribution is -2.48. The van der Waals surface area contributed by atoms with Crippen molar-refractivity contribution in [1.29, 1.82) is 0 Å². The van der Waals surface area contributed by atoms with Gasteiger partial charge in [0, 0.05) is 45.0 Å². The summed E-state index contributed by atoms with van der Waals surface area (Å²) in [5.74, 6) is -0.246. The van der Waals surface area contributed by atoms with E-state index in [0.717, 1.165) is 32.7 Å². The van der Waals surface area contributed by atoms with Crippen molar-refractivity contribution >= 4 is 40.5 Å². The molecule has 2 aromatic carbocycles. The Morgan fingerprint density at radius 1 is 1.06 bits per heavy atom. The predicted molar refractivity (Wildman–Crippen MR) is 142 cm³/mol. The molecule has 2 aliphatic heterocycles. The Bertz CT molecular complexity index is 1070. The number of benzene rings is 2. The van der Waals surface area contributed by atoms with E-state index in [1.807, 2.05) is 11.8 Å². The van der Waals surface area contributed by atoms with E-state index in [1.165, 1.54) is 29.2 Å². The second kappa shape index (κ2) is 11.8. The fourth-order valence-electron chi connectivity index (χ4n) is 4.42. The molecular weight excluding hydrogens is 481 g/mol. The number of carbonyl (C=O) groups is 2. The van der Waals surface area contributed by atoms with Gasteiger partial charge in [-0.05, 0) is 74.7 Å². The summed E-state index contributed by atoms with van der Waals surface area (Å²) in [6, 6.07) is 12.0. The van der Waals surface area contributed by atoms with Crippen molar-refractivity contribution in [3.8, 4) is 5.75 Å². The monoisotopic (exact) mass is 513 g/mol. The van der Waals surface area contributed by atoms with Gasteiger partial charge in [-0.1, -0.05) is 0 Å². The average Bonchev–Trinajstić information content (AvgIpc) is 3.09. The number of hydrogen-bond acceptors (Lipinski definition) is 6. The number of nitrogens with one attached hydrogen (secondary N) is 1. The average molecular weight is 514 g/mol. The van der Waals surface area contributed by atoms with Crippen LogP contribution in [0.5, 0.6) is 5.75 Å². The first kappa shape index (κ1) is 26.0. The van der Waals surface area contributed by atoms with E-state index in [0.29, 0.717) is 35.4 Å². The number of carbonyl (C=O) groups excluding carboxylic acids is 2. The summed E-state index contributed by atoms with van der Waals surface area (Å²) < 4.78 is 18.7. The molecule has 2 aliphatic rings. The molecule has 0 bridgehead atoms. The first-order chi connectivity index (χ1) is 17.4. The van der Waals surface area contributed by atoms with Crippen LogP contribution in [0.1, 0.15) is 13.3 Å². The van der Waals surface area contributed by atoms with E-state index in [2.05, 4.69) is 22.2 Å². The van der Waals surface area contributed by atoms with Crippen molar-refractivity contribution in [3.05, 3.63) is 54.3 Å². The molecule has 0 aliphatic carbocycles. The second-order valence-corrected chi connectivity index (χ2v) is 9.36. The summed E-state index contributed by atoms with van der Waals surface area (Å²) in [4.78, 5) is 34.5. The van der Waals surface area contributed by atoms with Crippen LogP contribution >= 0.6 is 12.2 Å². The Hall–Kier alpha value is -3.08. The number of rotatable bonds is 9. The lowest BCUT2D eigenvalue weighted by molar-refractivity contribution is -0.124. The van der Waals surface area contributed by atoms with Gasteiger partial charge in [0.05, 0.1) is 18.7 Å². The molecule has 36 heavy (non-hydrogen) atoms. The smallest absolute Gasteiger partial charge is 0.256 e. The van der Waals surface area contributed by atoms with Crippen LogP contribution in [0.3, 0.4) is 0 Å². The first-order valence-electron chi connectivity index (χ1n) is 12.2. The molecule has 1 atom stereocenters. The number of nitrogens with zero attached hydrogens (tertiary/aromatic N) is 4. The summed E-state index contributed by atoms with van der Waals surface area (Å²) in [7, 11) is 2.11. The minimum atomic E-state index is -0.725. The molecule has 0 spiro atoms. The molecule has 2 fully saturated rings. The Labute approximate surface area is 216 Å². The normalized spacial score (nSPS) is 19.1. The third-order valence-corrected chi connectivity index (χ3v) is 6.90. The zero-order chi connectivity index (χ0) is 25.7. The van der Waals surface area contributed by atoms with Crippen LogP contribution in [0, 0.1) is 5.82 Å². The topological polar surface area (TPSA) is 68.4 Å². The van der Waals surface area contributed by atoms with E-state index in [-0.39, 0.29) is 24.1 Å². The van der Waals surface area contributed by atoms with Gasteiger partial charge in [0.15, 0.2) is 5.11 Å². The predicted octanol–water partition coefficient (Wildman–Crippen LogP) is 2.80.